The third-order valence-corrected chi connectivity index (χ3v) is 6.60. The number of carbonyl (C=O) groups is 2. The molecule has 1 aliphatic heterocycles. The van der Waals surface area contributed by atoms with Crippen LogP contribution in [0.25, 0.3) is 0 Å². The number of hydrogen-bond donors (Lipinski definition) is 0. The number of rotatable bonds is 1. The van der Waals surface area contributed by atoms with E-state index in [2.05, 4.69) is 26.8 Å². The molecule has 1 fully saturated rings. The first-order valence-electron chi connectivity index (χ1n) is 8.85. The lowest BCUT2D eigenvalue weighted by Crippen LogP contribution is -2.42. The summed E-state index contributed by atoms with van der Waals surface area (Å²) in [6.07, 6.45) is 9.56. The lowest BCUT2D eigenvalue weighted by molar-refractivity contribution is -0.122. The predicted octanol–water partition coefficient (Wildman–Crippen LogP) is 4.02. The highest BCUT2D eigenvalue weighted by Gasteiger charge is 2.58. The standard InChI is InChI=1S/C20H28O3/c1-13-6-5-10-20(4)18(23-20)17(22)15-8-7-14(2)19(3,11-9-13)16(15)12-21/h6,8,12,14,16,18H,5,7,9-11H2,1-4H3/b13-6+. The number of ketones is 1. The van der Waals surface area contributed by atoms with Gasteiger partial charge in [0.25, 0.3) is 0 Å². The maximum atomic E-state index is 12.9. The zero-order valence-corrected chi connectivity index (χ0v) is 14.7. The molecule has 126 valence electrons. The Hall–Kier alpha value is -1.22. The summed E-state index contributed by atoms with van der Waals surface area (Å²) in [6.45, 7) is 8.58. The van der Waals surface area contributed by atoms with Gasteiger partial charge in [-0.05, 0) is 57.3 Å². The van der Waals surface area contributed by atoms with Crippen LogP contribution in [0.3, 0.4) is 0 Å². The minimum Gasteiger partial charge on any atom is -0.358 e. The second-order valence-electron chi connectivity index (χ2n) is 8.18. The van der Waals surface area contributed by atoms with Crippen molar-refractivity contribution in [3.8, 4) is 0 Å². The van der Waals surface area contributed by atoms with Crippen molar-refractivity contribution >= 4 is 12.1 Å². The number of carbonyl (C=O) groups excluding carboxylic acids is 2. The molecule has 3 aliphatic rings. The van der Waals surface area contributed by atoms with Gasteiger partial charge in [-0.2, -0.15) is 0 Å². The van der Waals surface area contributed by atoms with Crippen LogP contribution in [-0.2, 0) is 14.3 Å². The van der Waals surface area contributed by atoms with Crippen molar-refractivity contribution in [2.75, 3.05) is 0 Å². The molecule has 0 radical (unpaired) electrons. The number of ether oxygens (including phenoxy) is 1. The van der Waals surface area contributed by atoms with Crippen LogP contribution in [0.4, 0.5) is 0 Å². The molecule has 5 unspecified atom stereocenters. The van der Waals surface area contributed by atoms with Gasteiger partial charge in [-0.15, -0.1) is 0 Å². The van der Waals surface area contributed by atoms with Crippen LogP contribution in [0, 0.1) is 17.3 Å². The summed E-state index contributed by atoms with van der Waals surface area (Å²) < 4.78 is 5.77. The Morgan fingerprint density at radius 2 is 2.00 bits per heavy atom. The highest BCUT2D eigenvalue weighted by molar-refractivity contribution is 6.04. The highest BCUT2D eigenvalue weighted by atomic mass is 16.6. The van der Waals surface area contributed by atoms with Crippen molar-refractivity contribution in [1.82, 2.24) is 0 Å². The molecule has 23 heavy (non-hydrogen) atoms. The van der Waals surface area contributed by atoms with Crippen LogP contribution < -0.4 is 0 Å². The molecule has 0 N–H and O–H groups in total. The fraction of sp³-hybridized carbons (Fsp3) is 0.700. The van der Waals surface area contributed by atoms with Gasteiger partial charge in [0.2, 0.25) is 0 Å². The number of hydrogen-bond acceptors (Lipinski definition) is 3. The number of fused-ring (bicyclic) bond motifs is 3. The first-order valence-corrected chi connectivity index (χ1v) is 8.85. The van der Waals surface area contributed by atoms with E-state index in [1.165, 1.54) is 5.57 Å². The van der Waals surface area contributed by atoms with Crippen molar-refractivity contribution in [2.24, 2.45) is 17.3 Å². The van der Waals surface area contributed by atoms with E-state index in [-0.39, 0.29) is 28.8 Å². The van der Waals surface area contributed by atoms with Gasteiger partial charge in [0.15, 0.2) is 5.78 Å². The van der Waals surface area contributed by atoms with E-state index in [0.29, 0.717) is 11.5 Å². The van der Waals surface area contributed by atoms with E-state index in [0.717, 1.165) is 38.4 Å². The summed E-state index contributed by atoms with van der Waals surface area (Å²) >= 11 is 0. The SMILES string of the molecule is C/C1=C\CCC2(C)OC2C(=O)C2=CCC(C)C(C)(CC1)C2C=O. The van der Waals surface area contributed by atoms with Gasteiger partial charge in [-0.25, -0.2) is 0 Å². The van der Waals surface area contributed by atoms with Gasteiger partial charge in [-0.3, -0.25) is 4.79 Å². The second kappa shape index (κ2) is 5.70. The van der Waals surface area contributed by atoms with E-state index in [1.807, 2.05) is 13.0 Å². The molecule has 0 aromatic heterocycles. The number of allylic oxidation sites excluding steroid dienone is 3. The van der Waals surface area contributed by atoms with E-state index in [1.54, 1.807) is 0 Å². The fourth-order valence-electron chi connectivity index (χ4n) is 4.33. The van der Waals surface area contributed by atoms with Crippen LogP contribution in [0.5, 0.6) is 0 Å². The number of Topliss-reactive ketones (excluding diaryl/α,β-unsaturated/α-hetero) is 1. The largest absolute Gasteiger partial charge is 0.358 e. The summed E-state index contributed by atoms with van der Waals surface area (Å²) in [5.74, 6) is 0.139. The molecule has 0 saturated carbocycles. The van der Waals surface area contributed by atoms with E-state index in [9.17, 15) is 9.59 Å². The molecule has 0 spiro atoms. The fourth-order valence-corrected chi connectivity index (χ4v) is 4.33. The molecule has 0 aromatic rings. The zero-order chi connectivity index (χ0) is 16.8. The predicted molar refractivity (Wildman–Crippen MR) is 90.0 cm³/mol. The lowest BCUT2D eigenvalue weighted by Gasteiger charge is -2.44. The molecule has 0 amide bonds. The molecule has 2 bridgehead atoms. The van der Waals surface area contributed by atoms with Gasteiger partial charge in [-0.1, -0.05) is 31.6 Å². The smallest absolute Gasteiger partial charge is 0.190 e. The van der Waals surface area contributed by atoms with Crippen molar-refractivity contribution in [3.63, 3.8) is 0 Å². The van der Waals surface area contributed by atoms with Crippen LogP contribution in [0.1, 0.15) is 59.8 Å². The third-order valence-electron chi connectivity index (χ3n) is 6.60. The summed E-state index contributed by atoms with van der Waals surface area (Å²) in [6, 6.07) is 0. The summed E-state index contributed by atoms with van der Waals surface area (Å²) in [7, 11) is 0. The Kier molecular flexibility index (Phi) is 4.12. The first-order chi connectivity index (χ1) is 10.8. The molecule has 3 nitrogen and oxygen atoms in total. The Balaban J connectivity index is 2.01. The maximum Gasteiger partial charge on any atom is 0.190 e. The summed E-state index contributed by atoms with van der Waals surface area (Å²) in [5.41, 5.74) is 1.59. The monoisotopic (exact) mass is 316 g/mol. The van der Waals surface area contributed by atoms with Crippen LogP contribution >= 0.6 is 0 Å². The van der Waals surface area contributed by atoms with Crippen molar-refractivity contribution < 1.29 is 14.3 Å². The normalized spacial score (nSPS) is 46.4. The summed E-state index contributed by atoms with van der Waals surface area (Å²) in [5, 5.41) is 0. The Morgan fingerprint density at radius 1 is 1.26 bits per heavy atom. The minimum atomic E-state index is -0.359. The Labute approximate surface area is 139 Å². The summed E-state index contributed by atoms with van der Waals surface area (Å²) in [4.78, 5) is 24.9. The van der Waals surface area contributed by atoms with E-state index in [4.69, 9.17) is 4.74 Å². The molecule has 3 heteroatoms. The number of aldehydes is 1. The van der Waals surface area contributed by atoms with Crippen LogP contribution in [0.2, 0.25) is 0 Å². The molecule has 3 rings (SSSR count). The molecular weight excluding hydrogens is 288 g/mol. The van der Waals surface area contributed by atoms with Gasteiger partial charge in [0.1, 0.15) is 18.0 Å². The molecular formula is C20H28O3. The van der Waals surface area contributed by atoms with E-state index < -0.39 is 0 Å². The lowest BCUT2D eigenvalue weighted by atomic mass is 9.59. The topological polar surface area (TPSA) is 46.7 Å². The molecule has 2 aliphatic carbocycles. The first kappa shape index (κ1) is 16.6. The molecule has 0 aromatic carbocycles. The van der Waals surface area contributed by atoms with Crippen LogP contribution in [0.15, 0.2) is 23.3 Å². The molecule has 1 saturated heterocycles. The quantitative estimate of drug-likeness (QED) is 0.417. The highest BCUT2D eigenvalue weighted by Crippen LogP contribution is 2.51. The maximum absolute atomic E-state index is 12.9. The average molecular weight is 316 g/mol. The molecule has 1 heterocycles. The second-order valence-corrected chi connectivity index (χ2v) is 8.18. The van der Waals surface area contributed by atoms with Gasteiger partial charge in [0.05, 0.1) is 0 Å². The minimum absolute atomic E-state index is 0.0454. The Bertz CT molecular complexity index is 588. The third kappa shape index (κ3) is 2.73. The molecule has 5 atom stereocenters. The van der Waals surface area contributed by atoms with Crippen molar-refractivity contribution in [2.45, 2.75) is 71.5 Å². The van der Waals surface area contributed by atoms with Crippen LogP contribution in [-0.4, -0.2) is 23.8 Å². The van der Waals surface area contributed by atoms with Crippen molar-refractivity contribution in [3.05, 3.63) is 23.3 Å². The van der Waals surface area contributed by atoms with Crippen molar-refractivity contribution in [1.29, 1.82) is 0 Å². The number of epoxide rings is 1. The van der Waals surface area contributed by atoms with E-state index >= 15 is 0 Å². The zero-order valence-electron chi connectivity index (χ0n) is 14.7. The van der Waals surface area contributed by atoms with Gasteiger partial charge >= 0.3 is 0 Å². The van der Waals surface area contributed by atoms with Gasteiger partial charge < -0.3 is 9.53 Å². The Morgan fingerprint density at radius 3 is 2.70 bits per heavy atom. The average Bonchev–Trinajstić information content (AvgIpc) is 3.18. The van der Waals surface area contributed by atoms with Gasteiger partial charge in [0, 0.05) is 11.5 Å².